The SMILES string of the molecule is COc1cc(NC(=O)Nc2ccc(C3=CSC4=NCCN34)cc2)cc(OC)c1OC. The van der Waals surface area contributed by atoms with Gasteiger partial charge in [0.2, 0.25) is 5.75 Å². The predicted molar refractivity (Wildman–Crippen MR) is 120 cm³/mol. The average Bonchev–Trinajstić information content (AvgIpc) is 3.37. The van der Waals surface area contributed by atoms with E-state index in [0.717, 1.165) is 29.5 Å². The number of aliphatic imine (C=N–C) groups is 1. The van der Waals surface area contributed by atoms with Gasteiger partial charge in [-0.05, 0) is 17.7 Å². The molecule has 0 saturated heterocycles. The number of rotatable bonds is 6. The number of thioether (sulfide) groups is 1. The lowest BCUT2D eigenvalue weighted by Crippen LogP contribution is -2.20. The summed E-state index contributed by atoms with van der Waals surface area (Å²) in [6.07, 6.45) is 0. The normalized spacial score (nSPS) is 14.6. The van der Waals surface area contributed by atoms with E-state index in [1.165, 1.54) is 21.3 Å². The van der Waals surface area contributed by atoms with Crippen LogP contribution in [0.25, 0.3) is 5.70 Å². The fourth-order valence-corrected chi connectivity index (χ4v) is 4.28. The Labute approximate surface area is 178 Å². The van der Waals surface area contributed by atoms with E-state index in [4.69, 9.17) is 14.2 Å². The largest absolute Gasteiger partial charge is 0.493 e. The Morgan fingerprint density at radius 1 is 1.00 bits per heavy atom. The van der Waals surface area contributed by atoms with Crippen molar-refractivity contribution in [3.05, 3.63) is 47.4 Å². The Morgan fingerprint density at radius 2 is 1.67 bits per heavy atom. The highest BCUT2D eigenvalue weighted by molar-refractivity contribution is 8.16. The summed E-state index contributed by atoms with van der Waals surface area (Å²) in [7, 11) is 4.58. The van der Waals surface area contributed by atoms with Crippen LogP contribution >= 0.6 is 11.8 Å². The zero-order chi connectivity index (χ0) is 21.1. The maximum Gasteiger partial charge on any atom is 0.323 e. The van der Waals surface area contributed by atoms with E-state index in [9.17, 15) is 4.79 Å². The molecule has 30 heavy (non-hydrogen) atoms. The van der Waals surface area contributed by atoms with Gasteiger partial charge in [-0.15, -0.1) is 0 Å². The molecule has 156 valence electrons. The van der Waals surface area contributed by atoms with Crippen LogP contribution in [0.1, 0.15) is 5.56 Å². The van der Waals surface area contributed by atoms with Gasteiger partial charge in [0, 0.05) is 29.8 Å². The van der Waals surface area contributed by atoms with E-state index < -0.39 is 0 Å². The third-order valence-electron chi connectivity index (χ3n) is 4.73. The summed E-state index contributed by atoms with van der Waals surface area (Å²) in [6.45, 7) is 1.74. The zero-order valence-electron chi connectivity index (χ0n) is 16.9. The molecule has 2 N–H and O–H groups in total. The molecule has 2 heterocycles. The lowest BCUT2D eigenvalue weighted by Gasteiger charge is -2.17. The molecule has 9 heteroatoms. The Balaban J connectivity index is 1.43. The predicted octanol–water partition coefficient (Wildman–Crippen LogP) is 4.07. The van der Waals surface area contributed by atoms with Gasteiger partial charge >= 0.3 is 6.03 Å². The fourth-order valence-electron chi connectivity index (χ4n) is 3.32. The van der Waals surface area contributed by atoms with Gasteiger partial charge in [-0.3, -0.25) is 4.99 Å². The Kier molecular flexibility index (Phi) is 5.71. The van der Waals surface area contributed by atoms with Crippen LogP contribution in [0.5, 0.6) is 17.2 Å². The van der Waals surface area contributed by atoms with Crippen molar-refractivity contribution in [1.82, 2.24) is 4.90 Å². The minimum absolute atomic E-state index is 0.373. The number of nitrogens with zero attached hydrogens (tertiary/aromatic N) is 2. The molecule has 2 aromatic carbocycles. The summed E-state index contributed by atoms with van der Waals surface area (Å²) in [5, 5.41) is 8.78. The number of benzene rings is 2. The highest BCUT2D eigenvalue weighted by atomic mass is 32.2. The molecule has 0 aliphatic carbocycles. The topological polar surface area (TPSA) is 84.4 Å². The minimum atomic E-state index is -0.373. The molecule has 2 aliphatic rings. The number of amides is 2. The second-order valence-corrected chi connectivity index (χ2v) is 7.34. The molecule has 2 aliphatic heterocycles. The van der Waals surface area contributed by atoms with Gasteiger partial charge in [-0.25, -0.2) is 4.79 Å². The number of carbonyl (C=O) groups is 1. The molecule has 0 bridgehead atoms. The number of amidine groups is 1. The first-order valence-corrected chi connectivity index (χ1v) is 10.2. The number of nitrogens with one attached hydrogen (secondary N) is 2. The molecule has 0 atom stereocenters. The van der Waals surface area contributed by atoms with E-state index in [1.807, 2.05) is 24.3 Å². The average molecular weight is 426 g/mol. The number of ether oxygens (including phenoxy) is 3. The highest BCUT2D eigenvalue weighted by Crippen LogP contribution is 2.40. The summed E-state index contributed by atoms with van der Waals surface area (Å²) < 4.78 is 15.9. The van der Waals surface area contributed by atoms with E-state index in [1.54, 1.807) is 23.9 Å². The van der Waals surface area contributed by atoms with E-state index in [0.29, 0.717) is 28.6 Å². The molecule has 0 unspecified atom stereocenters. The summed E-state index contributed by atoms with van der Waals surface area (Å²) >= 11 is 1.65. The number of anilines is 2. The maximum atomic E-state index is 12.5. The second-order valence-electron chi connectivity index (χ2n) is 6.51. The second kappa shape index (κ2) is 8.58. The third-order valence-corrected chi connectivity index (χ3v) is 5.63. The monoisotopic (exact) mass is 426 g/mol. The van der Waals surface area contributed by atoms with Gasteiger partial charge in [0.05, 0.1) is 39.3 Å². The van der Waals surface area contributed by atoms with Crippen LogP contribution < -0.4 is 24.8 Å². The van der Waals surface area contributed by atoms with Crippen LogP contribution in [0.2, 0.25) is 0 Å². The van der Waals surface area contributed by atoms with Gasteiger partial charge < -0.3 is 29.7 Å². The summed E-state index contributed by atoms with van der Waals surface area (Å²) in [5.74, 6) is 1.39. The molecule has 0 spiro atoms. The number of fused-ring (bicyclic) bond motifs is 1. The van der Waals surface area contributed by atoms with Crippen LogP contribution in [0, 0.1) is 0 Å². The first kappa shape index (κ1) is 20.0. The standard InChI is InChI=1S/C21H22N4O4S/c1-27-17-10-15(11-18(28-2)19(17)29-3)24-20(26)23-14-6-4-13(5-7-14)16-12-30-21-22-8-9-25(16)21/h4-7,10-12H,8-9H2,1-3H3,(H2,23,24,26). The van der Waals surface area contributed by atoms with Gasteiger partial charge in [-0.1, -0.05) is 23.9 Å². The fraction of sp³-hybridized carbons (Fsp3) is 0.238. The molecular formula is C21H22N4O4S. The molecule has 0 saturated carbocycles. The van der Waals surface area contributed by atoms with Crippen LogP contribution in [-0.4, -0.2) is 50.5 Å². The van der Waals surface area contributed by atoms with Crippen molar-refractivity contribution in [2.45, 2.75) is 0 Å². The maximum absolute atomic E-state index is 12.5. The highest BCUT2D eigenvalue weighted by Gasteiger charge is 2.26. The summed E-state index contributed by atoms with van der Waals surface area (Å²) in [4.78, 5) is 19.1. The Morgan fingerprint density at radius 3 is 2.30 bits per heavy atom. The molecule has 0 aromatic heterocycles. The Bertz CT molecular complexity index is 995. The molecular weight excluding hydrogens is 404 g/mol. The van der Waals surface area contributed by atoms with Crippen molar-refractivity contribution in [3.8, 4) is 17.2 Å². The number of urea groups is 1. The molecule has 0 radical (unpaired) electrons. The van der Waals surface area contributed by atoms with Crippen LogP contribution in [0.15, 0.2) is 46.8 Å². The van der Waals surface area contributed by atoms with Gasteiger partial charge in [0.1, 0.15) is 0 Å². The van der Waals surface area contributed by atoms with Crippen LogP contribution in [0.4, 0.5) is 16.2 Å². The molecule has 0 fully saturated rings. The van der Waals surface area contributed by atoms with E-state index in [-0.39, 0.29) is 6.03 Å². The van der Waals surface area contributed by atoms with Crippen LogP contribution in [-0.2, 0) is 0 Å². The lowest BCUT2D eigenvalue weighted by atomic mass is 10.1. The number of hydrogen-bond acceptors (Lipinski definition) is 7. The van der Waals surface area contributed by atoms with E-state index >= 15 is 0 Å². The Hall–Kier alpha value is -3.33. The number of methoxy groups -OCH3 is 3. The number of carbonyl (C=O) groups excluding carboxylic acids is 1. The van der Waals surface area contributed by atoms with Crippen molar-refractivity contribution in [2.75, 3.05) is 45.1 Å². The van der Waals surface area contributed by atoms with Crippen molar-refractivity contribution in [1.29, 1.82) is 0 Å². The van der Waals surface area contributed by atoms with Crippen molar-refractivity contribution in [3.63, 3.8) is 0 Å². The first-order valence-electron chi connectivity index (χ1n) is 9.30. The molecule has 2 amide bonds. The third kappa shape index (κ3) is 3.88. The minimum Gasteiger partial charge on any atom is -0.493 e. The van der Waals surface area contributed by atoms with Crippen LogP contribution in [0.3, 0.4) is 0 Å². The quantitative estimate of drug-likeness (QED) is 0.724. The van der Waals surface area contributed by atoms with Gasteiger partial charge in [-0.2, -0.15) is 0 Å². The van der Waals surface area contributed by atoms with Crippen molar-refractivity contribution >= 4 is 40.0 Å². The zero-order valence-corrected chi connectivity index (χ0v) is 17.7. The smallest absolute Gasteiger partial charge is 0.323 e. The molecule has 2 aromatic rings. The number of hydrogen-bond donors (Lipinski definition) is 2. The lowest BCUT2D eigenvalue weighted by molar-refractivity contribution is 0.262. The van der Waals surface area contributed by atoms with Gasteiger partial charge in [0.25, 0.3) is 0 Å². The summed E-state index contributed by atoms with van der Waals surface area (Å²) in [5.41, 5.74) is 3.44. The van der Waals surface area contributed by atoms with E-state index in [2.05, 4.69) is 25.9 Å². The first-order chi connectivity index (χ1) is 14.6. The summed E-state index contributed by atoms with van der Waals surface area (Å²) in [6, 6.07) is 10.7. The van der Waals surface area contributed by atoms with Crippen molar-refractivity contribution < 1.29 is 19.0 Å². The van der Waals surface area contributed by atoms with Gasteiger partial charge in [0.15, 0.2) is 16.7 Å². The van der Waals surface area contributed by atoms with Crippen molar-refractivity contribution in [2.24, 2.45) is 4.99 Å². The molecule has 4 rings (SSSR count). The molecule has 8 nitrogen and oxygen atoms in total.